The fourth-order valence-corrected chi connectivity index (χ4v) is 8.02. The number of nitrogen functional groups attached to an aromatic ring is 1. The van der Waals surface area contributed by atoms with E-state index in [1.807, 2.05) is 47.2 Å². The number of nitrogens with one attached hydrogen (secondary N) is 1. The van der Waals surface area contributed by atoms with E-state index < -0.39 is 63.4 Å². The summed E-state index contributed by atoms with van der Waals surface area (Å²) in [6.45, 7) is 0.423. The lowest BCUT2D eigenvalue weighted by Crippen LogP contribution is -2.71. The predicted octanol–water partition coefficient (Wildman–Crippen LogP) is 0.717. The van der Waals surface area contributed by atoms with Gasteiger partial charge in [-0.1, -0.05) is 23.4 Å². The van der Waals surface area contributed by atoms with Gasteiger partial charge in [-0.25, -0.2) is 9.78 Å². The monoisotopic (exact) mass is 733 g/mol. The summed E-state index contributed by atoms with van der Waals surface area (Å²) in [7, 11) is 0. The number of thiazole rings is 1. The third-order valence-electron chi connectivity index (χ3n) is 7.56. The van der Waals surface area contributed by atoms with E-state index in [1.165, 1.54) is 17.1 Å². The smallest absolute Gasteiger partial charge is 0.353 e. The van der Waals surface area contributed by atoms with Gasteiger partial charge in [0.25, 0.3) is 17.9 Å². The van der Waals surface area contributed by atoms with Crippen LogP contribution in [0, 0.1) is 11.3 Å². The quantitative estimate of drug-likeness (QED) is 0.0617. The molecule has 19 heteroatoms. The number of benzene rings is 1. The molecule has 0 spiro atoms. The molecular weight excluding hydrogens is 711 g/mol. The maximum Gasteiger partial charge on any atom is 0.353 e. The largest absolute Gasteiger partial charge is 0.543 e. The van der Waals surface area contributed by atoms with Crippen LogP contribution < -0.4 is 20.7 Å². The zero-order valence-corrected chi connectivity index (χ0v) is 27.7. The number of aromatic hydroxyl groups is 2. The molecule has 1 saturated heterocycles. The van der Waals surface area contributed by atoms with Crippen LogP contribution in [-0.4, -0.2) is 71.8 Å². The number of allylic oxidation sites excluding steroid dienone is 2. The lowest BCUT2D eigenvalue weighted by Gasteiger charge is -2.50. The van der Waals surface area contributed by atoms with Crippen LogP contribution in [0.1, 0.15) is 21.6 Å². The van der Waals surface area contributed by atoms with E-state index in [0.717, 1.165) is 27.1 Å². The van der Waals surface area contributed by atoms with Crippen molar-refractivity contribution in [3.8, 4) is 17.6 Å². The van der Waals surface area contributed by atoms with Gasteiger partial charge in [-0.15, -0.1) is 34.4 Å². The van der Waals surface area contributed by atoms with E-state index in [0.29, 0.717) is 23.5 Å². The number of pyridine rings is 1. The topological polar surface area (TPSA) is 255 Å². The van der Waals surface area contributed by atoms with Crippen LogP contribution in [0.5, 0.6) is 11.5 Å². The van der Waals surface area contributed by atoms with Gasteiger partial charge in [-0.2, -0.15) is 9.83 Å². The normalized spacial score (nSPS) is 18.0. The third kappa shape index (κ3) is 6.29. The molecule has 2 aliphatic heterocycles. The van der Waals surface area contributed by atoms with Crippen molar-refractivity contribution in [1.82, 2.24) is 15.2 Å². The van der Waals surface area contributed by atoms with Crippen molar-refractivity contribution in [1.29, 1.82) is 5.26 Å². The summed E-state index contributed by atoms with van der Waals surface area (Å²) in [5, 5.41) is 59.0. The number of para-hydroxylation sites is 1. The molecule has 6 rings (SSSR count). The lowest BCUT2D eigenvalue weighted by atomic mass is 10.0. The van der Waals surface area contributed by atoms with E-state index in [1.54, 1.807) is 18.2 Å². The number of nitriles is 1. The van der Waals surface area contributed by atoms with Crippen molar-refractivity contribution in [3.63, 3.8) is 0 Å². The fraction of sp³-hybridized carbons (Fsp3) is 0.161. The number of anilines is 1. The number of thioether (sulfide) groups is 1. The van der Waals surface area contributed by atoms with Crippen LogP contribution in [0.4, 0.5) is 5.13 Å². The molecule has 4 aromatic rings. The molecule has 1 aromatic carbocycles. The van der Waals surface area contributed by atoms with Crippen LogP contribution in [-0.2, 0) is 30.6 Å². The highest BCUT2D eigenvalue weighted by molar-refractivity contribution is 8.00. The second kappa shape index (κ2) is 13.9. The van der Waals surface area contributed by atoms with Gasteiger partial charge in [0.15, 0.2) is 40.0 Å². The minimum Gasteiger partial charge on any atom is -0.543 e. The highest BCUT2D eigenvalue weighted by Gasteiger charge is 2.53. The SMILES string of the molecule is N#Cc1sc(C(O/N=C(/C(=O)N[C@@H]2C(=O)N3C(C(=O)[O-])=C(/C=C/C[n+]4cccc5ccccc54)CS[C@H]23)c2csc(N)n2)C(=O)O)c(O)c1O. The maximum atomic E-state index is 13.5. The molecule has 16 nitrogen and oxygen atoms in total. The number of amides is 2. The number of carboxylic acid groups (broad SMARTS) is 2. The molecule has 3 aromatic heterocycles. The zero-order chi connectivity index (χ0) is 35.7. The van der Waals surface area contributed by atoms with Gasteiger partial charge in [0.2, 0.25) is 5.52 Å². The molecular formula is C31H23N7O9S3. The molecule has 1 fully saturated rings. The molecule has 0 aliphatic carbocycles. The van der Waals surface area contributed by atoms with Crippen molar-refractivity contribution in [2.24, 2.45) is 5.16 Å². The first-order chi connectivity index (χ1) is 24.0. The molecule has 5 heterocycles. The van der Waals surface area contributed by atoms with Crippen LogP contribution in [0.3, 0.4) is 0 Å². The predicted molar refractivity (Wildman–Crippen MR) is 177 cm³/mol. The molecule has 2 amide bonds. The van der Waals surface area contributed by atoms with Gasteiger partial charge < -0.3 is 41.1 Å². The Balaban J connectivity index is 1.21. The number of carbonyl (C=O) groups excluding carboxylic acids is 3. The number of oxime groups is 1. The Hall–Kier alpha value is -5.97. The minimum atomic E-state index is -2.07. The Bertz CT molecular complexity index is 2200. The zero-order valence-electron chi connectivity index (χ0n) is 25.2. The van der Waals surface area contributed by atoms with E-state index >= 15 is 0 Å². The molecule has 2 aliphatic rings. The fourth-order valence-electron chi connectivity index (χ4n) is 5.25. The summed E-state index contributed by atoms with van der Waals surface area (Å²) < 4.78 is 1.98. The van der Waals surface area contributed by atoms with Gasteiger partial charge in [-0.05, 0) is 23.8 Å². The molecule has 0 radical (unpaired) electrons. The van der Waals surface area contributed by atoms with Crippen molar-refractivity contribution in [3.05, 3.63) is 86.8 Å². The molecule has 0 saturated carbocycles. The van der Waals surface area contributed by atoms with Gasteiger partial charge in [-0.3, -0.25) is 14.5 Å². The summed E-state index contributed by atoms with van der Waals surface area (Å²) in [4.78, 5) is 60.4. The van der Waals surface area contributed by atoms with Gasteiger partial charge >= 0.3 is 5.97 Å². The van der Waals surface area contributed by atoms with Crippen molar-refractivity contribution in [2.45, 2.75) is 24.1 Å². The number of carboxylic acids is 2. The molecule has 6 N–H and O–H groups in total. The summed E-state index contributed by atoms with van der Waals surface area (Å²) in [6.07, 6.45) is 3.23. The standard InChI is InChI=1S/C31H23N7O9S3/c32-11-18-22(39)23(40)25(50-18)24(30(45)46)47-36-19(16-13-49-31(33)34-16)26(41)35-20-27(42)38-21(29(43)44)15(12-48-28(20)38)7-4-10-37-9-3-6-14-5-1-2-8-17(14)37/h1-9,13,20,24,28H,10,12H2,(H6-,33,34,35,39,40,41,43,44,45,46)/b7-4+,36-19+/t20-,24?,28-/m1/s1. The van der Waals surface area contributed by atoms with Crippen molar-refractivity contribution >= 4 is 79.9 Å². The number of aliphatic carboxylic acids is 2. The van der Waals surface area contributed by atoms with Crippen molar-refractivity contribution in [2.75, 3.05) is 11.5 Å². The Kier molecular flexibility index (Phi) is 9.41. The van der Waals surface area contributed by atoms with Gasteiger partial charge in [0.1, 0.15) is 28.1 Å². The van der Waals surface area contributed by atoms with Gasteiger partial charge in [0, 0.05) is 28.7 Å². The molecule has 254 valence electrons. The molecule has 3 atom stereocenters. The average Bonchev–Trinajstić information content (AvgIpc) is 3.66. The van der Waals surface area contributed by atoms with Crippen LogP contribution in [0.2, 0.25) is 0 Å². The number of aromatic nitrogens is 2. The molecule has 1 unspecified atom stereocenters. The van der Waals surface area contributed by atoms with Crippen LogP contribution >= 0.6 is 34.4 Å². The van der Waals surface area contributed by atoms with E-state index in [-0.39, 0.29) is 27.2 Å². The molecule has 50 heavy (non-hydrogen) atoms. The summed E-state index contributed by atoms with van der Waals surface area (Å²) in [5.74, 6) is -6.61. The highest BCUT2D eigenvalue weighted by atomic mass is 32.2. The number of nitrogens with two attached hydrogens (primary N) is 1. The number of hydrogen-bond acceptors (Lipinski definition) is 15. The number of carbonyl (C=O) groups is 4. The first kappa shape index (κ1) is 33.9. The average molecular weight is 734 g/mol. The number of hydrogen-bond donors (Lipinski definition) is 5. The number of rotatable bonds is 11. The Labute approximate surface area is 293 Å². The summed E-state index contributed by atoms with van der Waals surface area (Å²) >= 11 is 2.57. The maximum absolute atomic E-state index is 13.5. The third-order valence-corrected chi connectivity index (χ3v) is 10.7. The van der Waals surface area contributed by atoms with Crippen molar-refractivity contribution < 1.29 is 49.0 Å². The first-order valence-electron chi connectivity index (χ1n) is 14.4. The molecule has 0 bridgehead atoms. The van der Waals surface area contributed by atoms with E-state index in [9.17, 15) is 39.6 Å². The number of fused-ring (bicyclic) bond motifs is 2. The Morgan fingerprint density at radius 3 is 2.70 bits per heavy atom. The summed E-state index contributed by atoms with van der Waals surface area (Å²) in [6, 6.07) is 12.1. The van der Waals surface area contributed by atoms with Crippen LogP contribution in [0.25, 0.3) is 10.9 Å². The Morgan fingerprint density at radius 2 is 2.02 bits per heavy atom. The Morgan fingerprint density at radius 1 is 1.26 bits per heavy atom. The number of β-lactam (4-membered cyclic amide) rings is 1. The second-order valence-electron chi connectivity index (χ2n) is 10.6. The minimum absolute atomic E-state index is 0.0201. The highest BCUT2D eigenvalue weighted by Crippen LogP contribution is 2.44. The second-order valence-corrected chi connectivity index (χ2v) is 13.6. The summed E-state index contributed by atoms with van der Waals surface area (Å²) in [5.41, 5.74) is 5.99. The number of thiophene rings is 1. The van der Waals surface area contributed by atoms with Gasteiger partial charge in [0.05, 0.1) is 11.7 Å². The number of nitrogens with zero attached hydrogens (tertiary/aromatic N) is 5. The van der Waals surface area contributed by atoms with E-state index in [4.69, 9.17) is 15.8 Å². The van der Waals surface area contributed by atoms with E-state index in [2.05, 4.69) is 15.5 Å². The lowest BCUT2D eigenvalue weighted by molar-refractivity contribution is -0.661. The van der Waals surface area contributed by atoms with Crippen LogP contribution in [0.15, 0.2) is 76.6 Å². The first-order valence-corrected chi connectivity index (χ1v) is 17.1.